The fourth-order valence-corrected chi connectivity index (χ4v) is 3.12. The maximum atomic E-state index is 9.15. The number of nitrogens with one attached hydrogen (secondary N) is 1. The molecule has 3 aromatic heterocycles. The van der Waals surface area contributed by atoms with E-state index in [4.69, 9.17) is 5.11 Å². The molecule has 120 valence electrons. The van der Waals surface area contributed by atoms with E-state index in [-0.39, 0.29) is 6.61 Å². The highest BCUT2D eigenvalue weighted by atomic mass is 32.1. The van der Waals surface area contributed by atoms with Crippen molar-refractivity contribution >= 4 is 17.2 Å². The molecule has 0 saturated carbocycles. The Hall–Kier alpha value is -2.25. The molecule has 3 heterocycles. The van der Waals surface area contributed by atoms with Crippen LogP contribution in [0, 0.1) is 13.8 Å². The Bertz CT molecular complexity index is 781. The highest BCUT2D eigenvalue weighted by molar-refractivity contribution is 7.13. The molecule has 3 rings (SSSR count). The van der Waals surface area contributed by atoms with Crippen molar-refractivity contribution in [1.82, 2.24) is 19.7 Å². The number of thiazole rings is 1. The van der Waals surface area contributed by atoms with Crippen LogP contribution >= 0.6 is 11.3 Å². The van der Waals surface area contributed by atoms with Crippen LogP contribution in [0.5, 0.6) is 0 Å². The minimum absolute atomic E-state index is 0.0652. The lowest BCUT2D eigenvalue weighted by molar-refractivity contribution is 0.270. The van der Waals surface area contributed by atoms with Crippen LogP contribution in [-0.2, 0) is 13.1 Å². The van der Waals surface area contributed by atoms with Crippen molar-refractivity contribution in [3.63, 3.8) is 0 Å². The van der Waals surface area contributed by atoms with Gasteiger partial charge in [-0.05, 0) is 26.0 Å². The number of aromatic nitrogens is 4. The lowest BCUT2D eigenvalue weighted by Gasteiger charge is -2.08. The second kappa shape index (κ2) is 6.89. The summed E-state index contributed by atoms with van der Waals surface area (Å²) in [6, 6.07) is 5.81. The number of rotatable bonds is 6. The number of aliphatic hydroxyl groups is 1. The third-order valence-electron chi connectivity index (χ3n) is 3.61. The fraction of sp³-hybridized carbons (Fsp3) is 0.312. The van der Waals surface area contributed by atoms with Gasteiger partial charge in [0.05, 0.1) is 36.8 Å². The van der Waals surface area contributed by atoms with Crippen LogP contribution in [-0.4, -0.2) is 31.5 Å². The summed E-state index contributed by atoms with van der Waals surface area (Å²) in [6.45, 7) is 5.15. The first-order valence-electron chi connectivity index (χ1n) is 7.43. The maximum absolute atomic E-state index is 9.15. The Kier molecular flexibility index (Phi) is 4.68. The normalized spacial score (nSPS) is 10.9. The monoisotopic (exact) mass is 329 g/mol. The lowest BCUT2D eigenvalue weighted by atomic mass is 10.3. The second-order valence-electron chi connectivity index (χ2n) is 5.22. The van der Waals surface area contributed by atoms with Crippen LogP contribution in [0.25, 0.3) is 10.7 Å². The number of aliphatic hydroxyl groups excluding tert-OH is 1. The van der Waals surface area contributed by atoms with E-state index in [0.717, 1.165) is 33.5 Å². The summed E-state index contributed by atoms with van der Waals surface area (Å²) in [4.78, 5) is 8.94. The summed E-state index contributed by atoms with van der Waals surface area (Å²) >= 11 is 1.59. The summed E-state index contributed by atoms with van der Waals surface area (Å²) in [5, 5.41) is 19.9. The first-order chi connectivity index (χ1) is 11.2. The van der Waals surface area contributed by atoms with Crippen molar-refractivity contribution in [2.24, 2.45) is 0 Å². The van der Waals surface area contributed by atoms with Gasteiger partial charge in [0.2, 0.25) is 0 Å². The SMILES string of the molecule is Cc1nn(CCO)c(NCc2csc(-c3ccccn3)n2)c1C. The van der Waals surface area contributed by atoms with Crippen molar-refractivity contribution in [3.8, 4) is 10.7 Å². The molecule has 2 N–H and O–H groups in total. The van der Waals surface area contributed by atoms with E-state index in [1.54, 1.807) is 22.2 Å². The minimum atomic E-state index is 0.0652. The molecule has 0 aliphatic heterocycles. The van der Waals surface area contributed by atoms with Gasteiger partial charge in [-0.25, -0.2) is 9.67 Å². The number of anilines is 1. The van der Waals surface area contributed by atoms with Gasteiger partial charge in [-0.15, -0.1) is 11.3 Å². The summed E-state index contributed by atoms with van der Waals surface area (Å²) in [5.74, 6) is 0.934. The molecule has 0 saturated heterocycles. The van der Waals surface area contributed by atoms with Gasteiger partial charge in [0.15, 0.2) is 0 Å². The summed E-state index contributed by atoms with van der Waals surface area (Å²) in [6.07, 6.45) is 1.77. The van der Waals surface area contributed by atoms with Crippen molar-refractivity contribution < 1.29 is 5.11 Å². The topological polar surface area (TPSA) is 75.9 Å². The zero-order chi connectivity index (χ0) is 16.2. The number of hydrogen-bond donors (Lipinski definition) is 2. The number of nitrogens with zero attached hydrogens (tertiary/aromatic N) is 4. The molecule has 0 aromatic carbocycles. The molecular weight excluding hydrogens is 310 g/mol. The largest absolute Gasteiger partial charge is 0.394 e. The molecule has 0 aliphatic carbocycles. The van der Waals surface area contributed by atoms with E-state index in [1.165, 1.54) is 0 Å². The van der Waals surface area contributed by atoms with Crippen LogP contribution in [0.1, 0.15) is 17.0 Å². The van der Waals surface area contributed by atoms with Crippen molar-refractivity contribution in [3.05, 3.63) is 46.7 Å². The Balaban J connectivity index is 1.73. The predicted molar refractivity (Wildman–Crippen MR) is 91.5 cm³/mol. The van der Waals surface area contributed by atoms with Crippen molar-refractivity contribution in [2.45, 2.75) is 26.9 Å². The zero-order valence-electron chi connectivity index (χ0n) is 13.2. The van der Waals surface area contributed by atoms with Crippen molar-refractivity contribution in [1.29, 1.82) is 0 Å². The predicted octanol–water partition coefficient (Wildman–Crippen LogP) is 2.62. The van der Waals surface area contributed by atoms with Gasteiger partial charge < -0.3 is 10.4 Å². The maximum Gasteiger partial charge on any atom is 0.142 e. The Morgan fingerprint density at radius 2 is 2.17 bits per heavy atom. The van der Waals surface area contributed by atoms with Gasteiger partial charge in [-0.1, -0.05) is 6.07 Å². The third kappa shape index (κ3) is 3.40. The highest BCUT2D eigenvalue weighted by Gasteiger charge is 2.12. The third-order valence-corrected chi connectivity index (χ3v) is 4.52. The fourth-order valence-electron chi connectivity index (χ4n) is 2.32. The summed E-state index contributed by atoms with van der Waals surface area (Å²) in [7, 11) is 0. The Labute approximate surface area is 138 Å². The highest BCUT2D eigenvalue weighted by Crippen LogP contribution is 2.23. The van der Waals surface area contributed by atoms with E-state index >= 15 is 0 Å². The van der Waals surface area contributed by atoms with E-state index in [9.17, 15) is 0 Å². The smallest absolute Gasteiger partial charge is 0.142 e. The molecule has 7 heteroatoms. The number of hydrogen-bond acceptors (Lipinski definition) is 6. The first-order valence-corrected chi connectivity index (χ1v) is 8.31. The van der Waals surface area contributed by atoms with Crippen LogP contribution in [0.2, 0.25) is 0 Å². The molecule has 0 fully saturated rings. The van der Waals surface area contributed by atoms with Gasteiger partial charge in [-0.3, -0.25) is 4.98 Å². The molecule has 0 unspecified atom stereocenters. The number of pyridine rings is 1. The van der Waals surface area contributed by atoms with Crippen molar-refractivity contribution in [2.75, 3.05) is 11.9 Å². The van der Waals surface area contributed by atoms with E-state index in [1.807, 2.05) is 37.4 Å². The molecule has 0 radical (unpaired) electrons. The average Bonchev–Trinajstić information content (AvgIpc) is 3.13. The zero-order valence-corrected chi connectivity index (χ0v) is 14.0. The summed E-state index contributed by atoms with van der Waals surface area (Å²) in [5.41, 5.74) is 3.91. The van der Waals surface area contributed by atoms with Crippen LogP contribution in [0.15, 0.2) is 29.8 Å². The minimum Gasteiger partial charge on any atom is -0.394 e. The lowest BCUT2D eigenvalue weighted by Crippen LogP contribution is -2.11. The molecule has 0 bridgehead atoms. The molecule has 23 heavy (non-hydrogen) atoms. The molecule has 0 amide bonds. The van der Waals surface area contributed by atoms with Crippen LogP contribution < -0.4 is 5.32 Å². The molecular formula is C16H19N5OS. The standard InChI is InChI=1S/C16H19N5OS/c1-11-12(2)20-21(7-8-22)15(11)18-9-13-10-23-16(19-13)14-5-3-4-6-17-14/h3-6,10,18,22H,7-9H2,1-2H3. The molecule has 0 aliphatic rings. The van der Waals surface area contributed by atoms with Gasteiger partial charge >= 0.3 is 0 Å². The molecule has 3 aromatic rings. The van der Waals surface area contributed by atoms with E-state index < -0.39 is 0 Å². The Morgan fingerprint density at radius 1 is 1.30 bits per heavy atom. The molecule has 6 nitrogen and oxygen atoms in total. The molecule has 0 spiro atoms. The van der Waals surface area contributed by atoms with Gasteiger partial charge in [0.25, 0.3) is 0 Å². The van der Waals surface area contributed by atoms with Gasteiger partial charge in [0.1, 0.15) is 10.8 Å². The van der Waals surface area contributed by atoms with Gasteiger partial charge in [0, 0.05) is 17.1 Å². The first kappa shape index (κ1) is 15.6. The average molecular weight is 329 g/mol. The van der Waals surface area contributed by atoms with Crippen LogP contribution in [0.4, 0.5) is 5.82 Å². The van der Waals surface area contributed by atoms with Gasteiger partial charge in [-0.2, -0.15) is 5.10 Å². The molecule has 0 atom stereocenters. The second-order valence-corrected chi connectivity index (χ2v) is 6.08. The quantitative estimate of drug-likeness (QED) is 0.727. The summed E-state index contributed by atoms with van der Waals surface area (Å²) < 4.78 is 1.80. The van der Waals surface area contributed by atoms with E-state index in [0.29, 0.717) is 13.1 Å². The van der Waals surface area contributed by atoms with E-state index in [2.05, 4.69) is 20.4 Å². The number of aryl methyl sites for hydroxylation is 1. The Morgan fingerprint density at radius 3 is 2.91 bits per heavy atom. The van der Waals surface area contributed by atoms with Crippen LogP contribution in [0.3, 0.4) is 0 Å².